The summed E-state index contributed by atoms with van der Waals surface area (Å²) in [5.41, 5.74) is 8.89. The van der Waals surface area contributed by atoms with E-state index in [2.05, 4.69) is 23.6 Å². The summed E-state index contributed by atoms with van der Waals surface area (Å²) in [6, 6.07) is 0.759. The van der Waals surface area contributed by atoms with Crippen LogP contribution in [0.2, 0.25) is 0 Å². The number of hydrogen-bond acceptors (Lipinski definition) is 2. The van der Waals surface area contributed by atoms with Gasteiger partial charge in [-0.15, -0.1) is 0 Å². The number of aromatic nitrogens is 2. The fourth-order valence-corrected chi connectivity index (χ4v) is 2.73. The molecule has 1 aromatic heterocycles. The Morgan fingerprint density at radius 1 is 1.44 bits per heavy atom. The zero-order valence-corrected chi connectivity index (χ0v) is 10.4. The molecule has 3 nitrogen and oxygen atoms in total. The Bertz CT molecular complexity index is 339. The Hall–Kier alpha value is -0.830. The first kappa shape index (κ1) is 11.6. The van der Waals surface area contributed by atoms with Gasteiger partial charge in [-0.05, 0) is 32.1 Å². The summed E-state index contributed by atoms with van der Waals surface area (Å²) in [5, 5.41) is 4.57. The topological polar surface area (TPSA) is 43.8 Å². The Morgan fingerprint density at radius 2 is 2.19 bits per heavy atom. The van der Waals surface area contributed by atoms with Crippen molar-refractivity contribution >= 4 is 0 Å². The van der Waals surface area contributed by atoms with Crippen molar-refractivity contribution in [1.29, 1.82) is 0 Å². The van der Waals surface area contributed by atoms with Gasteiger partial charge >= 0.3 is 0 Å². The van der Waals surface area contributed by atoms with Crippen LogP contribution in [0.1, 0.15) is 69.3 Å². The number of fused-ring (bicyclic) bond motifs is 1. The van der Waals surface area contributed by atoms with Crippen molar-refractivity contribution in [2.75, 3.05) is 0 Å². The first-order valence-electron chi connectivity index (χ1n) is 6.59. The molecule has 1 heterocycles. The number of nitrogens with zero attached hydrogens (tertiary/aromatic N) is 2. The molecule has 1 aromatic rings. The predicted octanol–water partition coefficient (Wildman–Crippen LogP) is 2.97. The van der Waals surface area contributed by atoms with Gasteiger partial charge in [0.05, 0.1) is 12.2 Å². The molecule has 0 bridgehead atoms. The van der Waals surface area contributed by atoms with E-state index >= 15 is 0 Å². The molecule has 0 radical (unpaired) electrons. The summed E-state index contributed by atoms with van der Waals surface area (Å²) in [6.07, 6.45) is 9.08. The molecule has 0 fully saturated rings. The smallest absolute Gasteiger partial charge is 0.0540 e. The monoisotopic (exact) mass is 221 g/mol. The van der Waals surface area contributed by atoms with Crippen molar-refractivity contribution in [2.24, 2.45) is 5.73 Å². The zero-order chi connectivity index (χ0) is 11.5. The average molecular weight is 221 g/mol. The average Bonchev–Trinajstić information content (AvgIpc) is 2.61. The molecule has 0 aliphatic heterocycles. The second-order valence-electron chi connectivity index (χ2n) is 4.81. The number of hydrogen-bond donors (Lipinski definition) is 1. The van der Waals surface area contributed by atoms with Crippen molar-refractivity contribution in [2.45, 2.75) is 64.5 Å². The van der Waals surface area contributed by atoms with Gasteiger partial charge in [0.2, 0.25) is 0 Å². The highest BCUT2D eigenvalue weighted by molar-refractivity contribution is 5.23. The molecule has 0 spiro atoms. The standard InChI is InChI=1S/C13H23N3/c1-3-10(4-2)16-13-8-6-5-7-12(14)11(13)9-15-16/h9-10,12H,3-8,14H2,1-2H3. The molecule has 1 aliphatic carbocycles. The van der Waals surface area contributed by atoms with Gasteiger partial charge in [-0.3, -0.25) is 4.68 Å². The van der Waals surface area contributed by atoms with Crippen LogP contribution < -0.4 is 5.73 Å². The molecule has 1 unspecified atom stereocenters. The van der Waals surface area contributed by atoms with E-state index in [1.165, 1.54) is 24.1 Å². The van der Waals surface area contributed by atoms with Gasteiger partial charge in [0.15, 0.2) is 0 Å². The molecule has 0 saturated carbocycles. The summed E-state index contributed by atoms with van der Waals surface area (Å²) in [4.78, 5) is 0. The summed E-state index contributed by atoms with van der Waals surface area (Å²) >= 11 is 0. The SMILES string of the molecule is CCC(CC)n1ncc2c1CCCCC2N. The minimum atomic E-state index is 0.209. The maximum atomic E-state index is 6.19. The summed E-state index contributed by atoms with van der Waals surface area (Å²) in [7, 11) is 0. The van der Waals surface area contributed by atoms with Crippen LogP contribution in [0.4, 0.5) is 0 Å². The van der Waals surface area contributed by atoms with E-state index < -0.39 is 0 Å². The third kappa shape index (κ3) is 2.01. The maximum absolute atomic E-state index is 6.19. The van der Waals surface area contributed by atoms with Crippen LogP contribution in [0.15, 0.2) is 6.20 Å². The normalized spacial score (nSPS) is 20.9. The van der Waals surface area contributed by atoms with Crippen molar-refractivity contribution in [1.82, 2.24) is 9.78 Å². The van der Waals surface area contributed by atoms with Gasteiger partial charge in [0, 0.05) is 17.3 Å². The lowest BCUT2D eigenvalue weighted by atomic mass is 10.1. The van der Waals surface area contributed by atoms with Crippen molar-refractivity contribution in [3.63, 3.8) is 0 Å². The maximum Gasteiger partial charge on any atom is 0.0540 e. The molecular weight excluding hydrogens is 198 g/mol. The molecule has 0 amide bonds. The lowest BCUT2D eigenvalue weighted by molar-refractivity contribution is 0.413. The quantitative estimate of drug-likeness (QED) is 0.797. The van der Waals surface area contributed by atoms with Crippen LogP contribution >= 0.6 is 0 Å². The van der Waals surface area contributed by atoms with E-state index in [1.807, 2.05) is 6.20 Å². The van der Waals surface area contributed by atoms with Crippen LogP contribution in [0.25, 0.3) is 0 Å². The van der Waals surface area contributed by atoms with Gasteiger partial charge < -0.3 is 5.73 Å². The van der Waals surface area contributed by atoms with Crippen LogP contribution in [-0.2, 0) is 6.42 Å². The molecule has 1 aliphatic rings. The number of nitrogens with two attached hydrogens (primary N) is 1. The highest BCUT2D eigenvalue weighted by Crippen LogP contribution is 2.29. The third-order valence-electron chi connectivity index (χ3n) is 3.80. The van der Waals surface area contributed by atoms with Crippen molar-refractivity contribution in [3.8, 4) is 0 Å². The Balaban J connectivity index is 2.34. The van der Waals surface area contributed by atoms with Gasteiger partial charge in [-0.1, -0.05) is 20.3 Å². The molecular formula is C13H23N3. The highest BCUT2D eigenvalue weighted by Gasteiger charge is 2.22. The fourth-order valence-electron chi connectivity index (χ4n) is 2.73. The summed E-state index contributed by atoms with van der Waals surface area (Å²) in [6.45, 7) is 4.47. The highest BCUT2D eigenvalue weighted by atomic mass is 15.3. The fraction of sp³-hybridized carbons (Fsp3) is 0.769. The Kier molecular flexibility index (Phi) is 3.64. The lowest BCUT2D eigenvalue weighted by Crippen LogP contribution is -2.14. The van der Waals surface area contributed by atoms with Crippen LogP contribution in [0, 0.1) is 0 Å². The third-order valence-corrected chi connectivity index (χ3v) is 3.80. The molecule has 0 aromatic carbocycles. The van der Waals surface area contributed by atoms with Crippen molar-refractivity contribution < 1.29 is 0 Å². The minimum Gasteiger partial charge on any atom is -0.324 e. The summed E-state index contributed by atoms with van der Waals surface area (Å²) < 4.78 is 2.24. The van der Waals surface area contributed by atoms with E-state index in [-0.39, 0.29) is 6.04 Å². The van der Waals surface area contributed by atoms with Crippen LogP contribution in [-0.4, -0.2) is 9.78 Å². The van der Waals surface area contributed by atoms with Crippen molar-refractivity contribution in [3.05, 3.63) is 17.5 Å². The van der Waals surface area contributed by atoms with Crippen LogP contribution in [0.5, 0.6) is 0 Å². The van der Waals surface area contributed by atoms with Gasteiger partial charge in [0.1, 0.15) is 0 Å². The Morgan fingerprint density at radius 3 is 2.88 bits per heavy atom. The second-order valence-corrected chi connectivity index (χ2v) is 4.81. The van der Waals surface area contributed by atoms with E-state index in [4.69, 9.17) is 5.73 Å². The van der Waals surface area contributed by atoms with E-state index in [9.17, 15) is 0 Å². The van der Waals surface area contributed by atoms with E-state index in [1.54, 1.807) is 0 Å². The predicted molar refractivity (Wildman–Crippen MR) is 66.3 cm³/mol. The number of rotatable bonds is 3. The zero-order valence-electron chi connectivity index (χ0n) is 10.4. The molecule has 3 heteroatoms. The van der Waals surface area contributed by atoms with Gasteiger partial charge in [0.25, 0.3) is 0 Å². The van der Waals surface area contributed by atoms with E-state index in [0.29, 0.717) is 6.04 Å². The molecule has 0 saturated heterocycles. The van der Waals surface area contributed by atoms with E-state index in [0.717, 1.165) is 25.7 Å². The van der Waals surface area contributed by atoms with Crippen LogP contribution in [0.3, 0.4) is 0 Å². The first-order chi connectivity index (χ1) is 7.77. The molecule has 2 N–H and O–H groups in total. The Labute approximate surface area is 98.0 Å². The lowest BCUT2D eigenvalue weighted by Gasteiger charge is -2.17. The molecule has 2 rings (SSSR count). The van der Waals surface area contributed by atoms with Gasteiger partial charge in [-0.2, -0.15) is 5.10 Å². The molecule has 16 heavy (non-hydrogen) atoms. The first-order valence-corrected chi connectivity index (χ1v) is 6.59. The molecule has 90 valence electrons. The second kappa shape index (κ2) is 5.00. The minimum absolute atomic E-state index is 0.209. The molecule has 1 atom stereocenters. The van der Waals surface area contributed by atoms with Gasteiger partial charge in [-0.25, -0.2) is 0 Å². The largest absolute Gasteiger partial charge is 0.324 e. The summed E-state index contributed by atoms with van der Waals surface area (Å²) in [5.74, 6) is 0.